The summed E-state index contributed by atoms with van der Waals surface area (Å²) < 4.78 is 5.00. The Bertz CT molecular complexity index is 635. The number of ether oxygens (including phenoxy) is 1. The molecule has 0 atom stereocenters. The number of hydrogen-bond acceptors (Lipinski definition) is 4. The molecule has 0 N–H and O–H groups in total. The number of nitro benzene ring substituents is 1. The van der Waals surface area contributed by atoms with E-state index in [0.717, 1.165) is 5.56 Å². The summed E-state index contributed by atoms with van der Waals surface area (Å²) in [4.78, 5) is 22.1. The topological polar surface area (TPSA) is 69.4 Å². The van der Waals surface area contributed by atoms with Crippen molar-refractivity contribution in [2.24, 2.45) is 0 Å². The largest absolute Gasteiger partial charge is 0.462 e. The Morgan fingerprint density at radius 3 is 2.40 bits per heavy atom. The zero-order chi connectivity index (χ0) is 14.5. The second kappa shape index (κ2) is 5.97. The highest BCUT2D eigenvalue weighted by Crippen LogP contribution is 2.26. The lowest BCUT2D eigenvalue weighted by Gasteiger charge is -2.08. The molecular weight excluding hydrogens is 258 g/mol. The van der Waals surface area contributed by atoms with Crippen molar-refractivity contribution in [2.75, 3.05) is 6.61 Å². The third-order valence-electron chi connectivity index (χ3n) is 2.81. The molecule has 0 saturated heterocycles. The highest BCUT2D eigenvalue weighted by molar-refractivity contribution is 5.97. The van der Waals surface area contributed by atoms with Crippen molar-refractivity contribution in [2.45, 2.75) is 6.92 Å². The summed E-state index contributed by atoms with van der Waals surface area (Å²) >= 11 is 0. The van der Waals surface area contributed by atoms with Gasteiger partial charge in [0.25, 0.3) is 5.69 Å². The molecule has 0 heterocycles. The maximum Gasteiger partial charge on any atom is 0.338 e. The molecule has 2 aromatic rings. The Kier molecular flexibility index (Phi) is 4.10. The van der Waals surface area contributed by atoms with E-state index in [-0.39, 0.29) is 5.69 Å². The van der Waals surface area contributed by atoms with Gasteiger partial charge >= 0.3 is 5.97 Å². The van der Waals surface area contributed by atoms with E-state index in [4.69, 9.17) is 4.74 Å². The second-order valence-electron chi connectivity index (χ2n) is 4.07. The maximum atomic E-state index is 11.9. The van der Waals surface area contributed by atoms with Crippen LogP contribution in [-0.2, 0) is 4.74 Å². The number of nitrogens with zero attached hydrogens (tertiary/aromatic N) is 1. The third kappa shape index (κ3) is 2.83. The quantitative estimate of drug-likeness (QED) is 0.485. The number of hydrogen-bond donors (Lipinski definition) is 0. The lowest BCUT2D eigenvalue weighted by molar-refractivity contribution is -0.384. The Morgan fingerprint density at radius 2 is 1.80 bits per heavy atom. The first-order chi connectivity index (χ1) is 9.63. The van der Waals surface area contributed by atoms with Crippen LogP contribution in [-0.4, -0.2) is 17.5 Å². The van der Waals surface area contributed by atoms with E-state index in [0.29, 0.717) is 17.7 Å². The van der Waals surface area contributed by atoms with Crippen LogP contribution in [0, 0.1) is 10.1 Å². The van der Waals surface area contributed by atoms with Gasteiger partial charge in [-0.1, -0.05) is 18.2 Å². The second-order valence-corrected chi connectivity index (χ2v) is 4.07. The number of nitro groups is 1. The first-order valence-electron chi connectivity index (χ1n) is 6.14. The Labute approximate surface area is 116 Å². The van der Waals surface area contributed by atoms with Crippen LogP contribution in [0.5, 0.6) is 0 Å². The smallest absolute Gasteiger partial charge is 0.338 e. The van der Waals surface area contributed by atoms with Gasteiger partial charge in [0.2, 0.25) is 0 Å². The minimum atomic E-state index is -0.457. The summed E-state index contributed by atoms with van der Waals surface area (Å²) in [7, 11) is 0. The van der Waals surface area contributed by atoms with Crippen molar-refractivity contribution in [1.29, 1.82) is 0 Å². The number of esters is 1. The fourth-order valence-corrected chi connectivity index (χ4v) is 1.88. The van der Waals surface area contributed by atoms with Crippen LogP contribution in [0.1, 0.15) is 17.3 Å². The fraction of sp³-hybridized carbons (Fsp3) is 0.133. The van der Waals surface area contributed by atoms with Gasteiger partial charge in [0.15, 0.2) is 0 Å². The summed E-state index contributed by atoms with van der Waals surface area (Å²) in [6, 6.07) is 13.1. The van der Waals surface area contributed by atoms with Crippen LogP contribution in [0.3, 0.4) is 0 Å². The van der Waals surface area contributed by atoms with Gasteiger partial charge in [-0.15, -0.1) is 0 Å². The molecule has 102 valence electrons. The molecule has 0 amide bonds. The summed E-state index contributed by atoms with van der Waals surface area (Å²) in [6.45, 7) is 2.04. The van der Waals surface area contributed by atoms with Gasteiger partial charge in [-0.25, -0.2) is 4.79 Å². The minimum Gasteiger partial charge on any atom is -0.462 e. The molecule has 0 aliphatic carbocycles. The SMILES string of the molecule is CCOC(=O)c1ccccc1-c1ccc([N+](=O)[O-])cc1. The number of benzene rings is 2. The maximum absolute atomic E-state index is 11.9. The molecule has 0 unspecified atom stereocenters. The van der Waals surface area contributed by atoms with E-state index in [2.05, 4.69) is 0 Å². The van der Waals surface area contributed by atoms with Crippen LogP contribution >= 0.6 is 0 Å². The normalized spacial score (nSPS) is 10.1. The van der Waals surface area contributed by atoms with Crippen LogP contribution < -0.4 is 0 Å². The Balaban J connectivity index is 2.42. The first kappa shape index (κ1) is 13.7. The van der Waals surface area contributed by atoms with Gasteiger partial charge in [0.1, 0.15) is 0 Å². The lowest BCUT2D eigenvalue weighted by Crippen LogP contribution is -2.06. The van der Waals surface area contributed by atoms with Gasteiger partial charge in [-0.2, -0.15) is 0 Å². The van der Waals surface area contributed by atoms with Crippen LogP contribution in [0.2, 0.25) is 0 Å². The Hall–Kier alpha value is -2.69. The predicted octanol–water partition coefficient (Wildman–Crippen LogP) is 3.44. The number of rotatable bonds is 4. The van der Waals surface area contributed by atoms with E-state index in [9.17, 15) is 14.9 Å². The standard InChI is InChI=1S/C15H13NO4/c1-2-20-15(17)14-6-4-3-5-13(14)11-7-9-12(10-8-11)16(18)19/h3-10H,2H2,1H3. The van der Waals surface area contributed by atoms with E-state index in [1.54, 1.807) is 43.3 Å². The number of carbonyl (C=O) groups is 1. The molecule has 0 aliphatic rings. The van der Waals surface area contributed by atoms with Crippen LogP contribution in [0.25, 0.3) is 11.1 Å². The summed E-state index contributed by atoms with van der Waals surface area (Å²) in [5.74, 6) is -0.401. The minimum absolute atomic E-state index is 0.0161. The van der Waals surface area contributed by atoms with Gasteiger partial charge in [0, 0.05) is 12.1 Å². The molecule has 2 rings (SSSR count). The van der Waals surface area contributed by atoms with Gasteiger partial charge in [0.05, 0.1) is 17.1 Å². The van der Waals surface area contributed by atoms with Crippen molar-refractivity contribution in [1.82, 2.24) is 0 Å². The molecule has 0 aromatic heterocycles. The van der Waals surface area contributed by atoms with Crippen molar-refractivity contribution >= 4 is 11.7 Å². The van der Waals surface area contributed by atoms with E-state index in [1.807, 2.05) is 0 Å². The molecule has 20 heavy (non-hydrogen) atoms. The van der Waals surface area contributed by atoms with Crippen molar-refractivity contribution in [3.8, 4) is 11.1 Å². The average molecular weight is 271 g/mol. The van der Waals surface area contributed by atoms with Crippen LogP contribution in [0.4, 0.5) is 5.69 Å². The van der Waals surface area contributed by atoms with Gasteiger partial charge < -0.3 is 4.74 Å². The molecular formula is C15H13NO4. The summed E-state index contributed by atoms with van der Waals surface area (Å²) in [5.41, 5.74) is 1.89. The number of carbonyl (C=O) groups excluding carboxylic acids is 1. The van der Waals surface area contributed by atoms with Crippen molar-refractivity contribution in [3.63, 3.8) is 0 Å². The third-order valence-corrected chi connectivity index (χ3v) is 2.81. The fourth-order valence-electron chi connectivity index (χ4n) is 1.88. The predicted molar refractivity (Wildman–Crippen MR) is 74.5 cm³/mol. The molecule has 5 heteroatoms. The molecule has 0 fully saturated rings. The molecule has 0 radical (unpaired) electrons. The Morgan fingerprint density at radius 1 is 1.15 bits per heavy atom. The highest BCUT2D eigenvalue weighted by atomic mass is 16.6. The van der Waals surface area contributed by atoms with E-state index >= 15 is 0 Å². The van der Waals surface area contributed by atoms with Crippen LogP contribution in [0.15, 0.2) is 48.5 Å². The zero-order valence-corrected chi connectivity index (χ0v) is 10.9. The molecule has 5 nitrogen and oxygen atoms in total. The van der Waals surface area contributed by atoms with Crippen molar-refractivity contribution < 1.29 is 14.5 Å². The molecule has 2 aromatic carbocycles. The first-order valence-corrected chi connectivity index (χ1v) is 6.14. The lowest BCUT2D eigenvalue weighted by atomic mass is 9.99. The average Bonchev–Trinajstić information content (AvgIpc) is 2.47. The number of non-ortho nitro benzene ring substituents is 1. The summed E-state index contributed by atoms with van der Waals surface area (Å²) in [5, 5.41) is 10.6. The summed E-state index contributed by atoms with van der Waals surface area (Å²) in [6.07, 6.45) is 0. The zero-order valence-electron chi connectivity index (χ0n) is 10.9. The van der Waals surface area contributed by atoms with Crippen molar-refractivity contribution in [3.05, 3.63) is 64.2 Å². The molecule has 0 bridgehead atoms. The highest BCUT2D eigenvalue weighted by Gasteiger charge is 2.14. The monoisotopic (exact) mass is 271 g/mol. The van der Waals surface area contributed by atoms with E-state index in [1.165, 1.54) is 12.1 Å². The van der Waals surface area contributed by atoms with Gasteiger partial charge in [-0.3, -0.25) is 10.1 Å². The molecule has 0 saturated carbocycles. The molecule has 0 aliphatic heterocycles. The van der Waals surface area contributed by atoms with E-state index < -0.39 is 10.9 Å². The molecule has 0 spiro atoms. The van der Waals surface area contributed by atoms with Gasteiger partial charge in [-0.05, 0) is 36.2 Å².